The number of benzene rings is 2. The van der Waals surface area contributed by atoms with Crippen molar-refractivity contribution in [1.29, 1.82) is 0 Å². The van der Waals surface area contributed by atoms with E-state index in [4.69, 9.17) is 0 Å². The van der Waals surface area contributed by atoms with Crippen LogP contribution in [0.25, 0.3) is 5.57 Å². The third-order valence-corrected chi connectivity index (χ3v) is 6.42. The number of ketones is 1. The molecule has 0 saturated carbocycles. The highest BCUT2D eigenvalue weighted by Crippen LogP contribution is 2.38. The van der Waals surface area contributed by atoms with Gasteiger partial charge in [-0.25, -0.2) is 0 Å². The van der Waals surface area contributed by atoms with E-state index in [1.54, 1.807) is 50.3 Å². The van der Waals surface area contributed by atoms with Crippen LogP contribution < -0.4 is 0 Å². The second-order valence-corrected chi connectivity index (χ2v) is 9.03. The largest absolute Gasteiger partial charge is 0.507 e. The van der Waals surface area contributed by atoms with Crippen molar-refractivity contribution in [3.05, 3.63) is 87.5 Å². The fourth-order valence-corrected chi connectivity index (χ4v) is 4.59. The lowest BCUT2D eigenvalue weighted by molar-refractivity contribution is -0.112. The van der Waals surface area contributed by atoms with Crippen molar-refractivity contribution in [3.63, 3.8) is 0 Å². The predicted molar refractivity (Wildman–Crippen MR) is 122 cm³/mol. The van der Waals surface area contributed by atoms with E-state index in [0.29, 0.717) is 51.8 Å². The van der Waals surface area contributed by atoms with Gasteiger partial charge in [0.15, 0.2) is 5.78 Å². The molecule has 0 aliphatic heterocycles. The van der Waals surface area contributed by atoms with Gasteiger partial charge in [-0.05, 0) is 90.4 Å². The molecule has 5 nitrogen and oxygen atoms in total. The van der Waals surface area contributed by atoms with Crippen LogP contribution in [0.5, 0.6) is 5.75 Å². The predicted octanol–water partition coefficient (Wildman–Crippen LogP) is 5.18. The Morgan fingerprint density at radius 2 is 1.68 bits per heavy atom. The summed E-state index contributed by atoms with van der Waals surface area (Å²) in [6.45, 7) is 7.34. The van der Waals surface area contributed by atoms with Crippen molar-refractivity contribution in [3.8, 4) is 5.75 Å². The maximum Gasteiger partial charge on any atom is 0.295 e. The van der Waals surface area contributed by atoms with Crippen LogP contribution in [0.1, 0.15) is 49.4 Å². The molecule has 2 N–H and O–H groups in total. The third-order valence-electron chi connectivity index (χ3n) is 5.50. The van der Waals surface area contributed by atoms with Gasteiger partial charge < -0.3 is 5.11 Å². The molecule has 0 radical (unpaired) electrons. The number of aryl methyl sites for hydroxylation is 2. The summed E-state index contributed by atoms with van der Waals surface area (Å²) in [4.78, 5) is 12.3. The Hall–Kier alpha value is -2.96. The zero-order valence-electron chi connectivity index (χ0n) is 18.1. The molecular weight excluding hydrogens is 412 g/mol. The first kappa shape index (κ1) is 22.7. The van der Waals surface area contributed by atoms with Crippen LogP contribution in [0, 0.1) is 6.92 Å². The first-order chi connectivity index (χ1) is 14.6. The summed E-state index contributed by atoms with van der Waals surface area (Å²) >= 11 is 0. The number of Topliss-reactive ketones (excluding diaryl/α,β-unsaturated/α-hetero) is 1. The minimum Gasteiger partial charge on any atom is -0.507 e. The second-order valence-electron chi connectivity index (χ2n) is 7.64. The number of hydrogen-bond acceptors (Lipinski definition) is 4. The maximum absolute atomic E-state index is 12.5. The van der Waals surface area contributed by atoms with Crippen LogP contribution in [0.2, 0.25) is 0 Å². The average molecular weight is 439 g/mol. The molecule has 0 bridgehead atoms. The molecular formula is C25H26O5S. The number of allylic oxidation sites excluding steroid dienone is 5. The van der Waals surface area contributed by atoms with Gasteiger partial charge in [0.2, 0.25) is 0 Å². The Bertz CT molecular complexity index is 1260. The molecule has 0 heterocycles. The highest BCUT2D eigenvalue weighted by molar-refractivity contribution is 7.86. The van der Waals surface area contributed by atoms with Gasteiger partial charge in [0.25, 0.3) is 10.1 Å². The third kappa shape index (κ3) is 4.40. The van der Waals surface area contributed by atoms with Gasteiger partial charge in [0.05, 0.1) is 0 Å². The number of hydrogen-bond donors (Lipinski definition) is 2. The molecule has 0 spiro atoms. The van der Waals surface area contributed by atoms with E-state index in [1.165, 1.54) is 6.07 Å². The van der Waals surface area contributed by atoms with Gasteiger partial charge in [-0.1, -0.05) is 32.0 Å². The van der Waals surface area contributed by atoms with Gasteiger partial charge in [0, 0.05) is 11.1 Å². The van der Waals surface area contributed by atoms with Crippen molar-refractivity contribution in [2.24, 2.45) is 0 Å². The van der Waals surface area contributed by atoms with Gasteiger partial charge in [0.1, 0.15) is 10.6 Å². The van der Waals surface area contributed by atoms with Crippen molar-refractivity contribution >= 4 is 21.5 Å². The van der Waals surface area contributed by atoms with E-state index in [9.17, 15) is 22.9 Å². The Morgan fingerprint density at radius 1 is 1.00 bits per heavy atom. The summed E-state index contributed by atoms with van der Waals surface area (Å²) in [5.74, 6) is 0.166. The first-order valence-corrected chi connectivity index (χ1v) is 11.6. The lowest BCUT2D eigenvalue weighted by atomic mass is 9.85. The first-order valence-electron chi connectivity index (χ1n) is 10.2. The van der Waals surface area contributed by atoms with Gasteiger partial charge in [-0.2, -0.15) is 8.42 Å². The smallest absolute Gasteiger partial charge is 0.295 e. The van der Waals surface area contributed by atoms with E-state index in [0.717, 1.165) is 5.56 Å². The summed E-state index contributed by atoms with van der Waals surface area (Å²) in [6.07, 6.45) is 4.65. The molecule has 0 aromatic heterocycles. The van der Waals surface area contributed by atoms with Crippen LogP contribution in [-0.2, 0) is 21.3 Å². The average Bonchev–Trinajstić information content (AvgIpc) is 2.72. The number of rotatable bonds is 5. The van der Waals surface area contributed by atoms with Crippen molar-refractivity contribution in [1.82, 2.24) is 0 Å². The Kier molecular flexibility index (Phi) is 6.34. The SMILES string of the molecule is CCC1=C/C(=C(\c2cc(C)c(O)c(CC)c2)c2ccccc2S(=O)(=O)O)C=C(C)C1=O. The van der Waals surface area contributed by atoms with Crippen LogP contribution in [0.4, 0.5) is 0 Å². The van der Waals surface area contributed by atoms with E-state index >= 15 is 0 Å². The monoisotopic (exact) mass is 438 g/mol. The summed E-state index contributed by atoms with van der Waals surface area (Å²) in [7, 11) is -4.49. The topological polar surface area (TPSA) is 91.7 Å². The Balaban J connectivity index is 2.48. The molecule has 31 heavy (non-hydrogen) atoms. The summed E-state index contributed by atoms with van der Waals surface area (Å²) in [6, 6.07) is 9.86. The molecule has 6 heteroatoms. The molecule has 162 valence electrons. The van der Waals surface area contributed by atoms with Gasteiger partial charge >= 0.3 is 0 Å². The zero-order chi connectivity index (χ0) is 22.9. The molecule has 0 amide bonds. The lowest BCUT2D eigenvalue weighted by Gasteiger charge is -2.20. The molecule has 0 unspecified atom stereocenters. The number of aromatic hydroxyl groups is 1. The van der Waals surface area contributed by atoms with Crippen LogP contribution >= 0.6 is 0 Å². The van der Waals surface area contributed by atoms with E-state index in [-0.39, 0.29) is 16.4 Å². The van der Waals surface area contributed by atoms with Gasteiger partial charge in [-0.3, -0.25) is 9.35 Å². The molecule has 0 atom stereocenters. The number of phenols is 1. The molecule has 3 rings (SSSR count). The number of carbonyl (C=O) groups excluding carboxylic acids is 1. The van der Waals surface area contributed by atoms with Crippen molar-refractivity contribution < 1.29 is 22.9 Å². The molecule has 0 fully saturated rings. The zero-order valence-corrected chi connectivity index (χ0v) is 18.9. The minimum atomic E-state index is -4.49. The fraction of sp³-hybridized carbons (Fsp3) is 0.240. The van der Waals surface area contributed by atoms with Crippen LogP contribution in [0.15, 0.2) is 70.2 Å². The maximum atomic E-state index is 12.5. The summed E-state index contributed by atoms with van der Waals surface area (Å²) in [5, 5.41) is 10.4. The fourth-order valence-electron chi connectivity index (χ4n) is 3.90. The number of carbonyl (C=O) groups is 1. The van der Waals surface area contributed by atoms with Crippen LogP contribution in [0.3, 0.4) is 0 Å². The quantitative estimate of drug-likeness (QED) is 0.628. The second kappa shape index (κ2) is 8.65. The molecule has 1 aliphatic rings. The highest BCUT2D eigenvalue weighted by atomic mass is 32.2. The minimum absolute atomic E-state index is 0.0372. The summed E-state index contributed by atoms with van der Waals surface area (Å²) in [5.41, 5.74) is 4.85. The molecule has 1 aliphatic carbocycles. The van der Waals surface area contributed by atoms with E-state index in [1.807, 2.05) is 19.9 Å². The Labute approximate surface area is 183 Å². The van der Waals surface area contributed by atoms with E-state index < -0.39 is 10.1 Å². The van der Waals surface area contributed by atoms with E-state index in [2.05, 4.69) is 0 Å². The number of phenolic OH excluding ortho intramolecular Hbond substituents is 1. The standard InChI is InChI=1S/C25H26O5S/c1-5-17-13-19(11-15(3)24(17)26)23(20-12-16(4)25(27)18(6-2)14-20)21-9-7-8-10-22(21)31(28,29)30/h7-14,26H,5-6H2,1-4H3,(H,28,29,30)/b23-20+. The van der Waals surface area contributed by atoms with Crippen LogP contribution in [-0.4, -0.2) is 23.9 Å². The lowest BCUT2D eigenvalue weighted by Crippen LogP contribution is -2.10. The highest BCUT2D eigenvalue weighted by Gasteiger charge is 2.24. The van der Waals surface area contributed by atoms with Crippen molar-refractivity contribution in [2.45, 2.75) is 45.4 Å². The molecule has 2 aromatic rings. The van der Waals surface area contributed by atoms with Gasteiger partial charge in [-0.15, -0.1) is 0 Å². The molecule has 2 aromatic carbocycles. The summed E-state index contributed by atoms with van der Waals surface area (Å²) < 4.78 is 34.2. The molecule has 0 saturated heterocycles. The van der Waals surface area contributed by atoms with Crippen molar-refractivity contribution in [2.75, 3.05) is 0 Å². The Morgan fingerprint density at radius 3 is 2.29 bits per heavy atom. The normalized spacial score (nSPS) is 16.1.